The molecule has 0 bridgehead atoms. The van der Waals surface area contributed by atoms with Gasteiger partial charge in [-0.15, -0.1) is 0 Å². The van der Waals surface area contributed by atoms with E-state index in [9.17, 15) is 5.11 Å². The molecule has 0 spiro atoms. The highest BCUT2D eigenvalue weighted by molar-refractivity contribution is 4.64. The van der Waals surface area contributed by atoms with Crippen molar-refractivity contribution in [2.45, 2.75) is 58.0 Å². The number of hydrogen-bond acceptors (Lipinski definition) is 1. The molecule has 0 aliphatic heterocycles. The molecule has 1 aliphatic carbocycles. The predicted molar refractivity (Wildman–Crippen MR) is 47.5 cm³/mol. The Morgan fingerprint density at radius 2 is 1.64 bits per heavy atom. The van der Waals surface area contributed by atoms with Crippen LogP contribution >= 0.6 is 0 Å². The summed E-state index contributed by atoms with van der Waals surface area (Å²) in [5.41, 5.74) is 0. The topological polar surface area (TPSA) is 20.2 Å². The van der Waals surface area contributed by atoms with E-state index in [1.807, 2.05) is 0 Å². The Morgan fingerprint density at radius 3 is 2.36 bits per heavy atom. The maximum atomic E-state index is 9.51. The van der Waals surface area contributed by atoms with E-state index in [0.717, 1.165) is 18.8 Å². The zero-order valence-electron chi connectivity index (χ0n) is 7.55. The molecule has 2 unspecified atom stereocenters. The molecule has 0 aromatic carbocycles. The average molecular weight is 156 g/mol. The van der Waals surface area contributed by atoms with E-state index in [0.29, 0.717) is 0 Å². The van der Waals surface area contributed by atoms with Crippen LogP contribution in [0.4, 0.5) is 0 Å². The van der Waals surface area contributed by atoms with Crippen LogP contribution in [0.5, 0.6) is 0 Å². The maximum Gasteiger partial charge on any atom is 0.0542 e. The van der Waals surface area contributed by atoms with E-state index in [4.69, 9.17) is 0 Å². The zero-order chi connectivity index (χ0) is 8.10. The van der Waals surface area contributed by atoms with E-state index >= 15 is 0 Å². The van der Waals surface area contributed by atoms with Gasteiger partial charge in [-0.3, -0.25) is 0 Å². The van der Waals surface area contributed by atoms with Crippen LogP contribution in [0.25, 0.3) is 0 Å². The van der Waals surface area contributed by atoms with Gasteiger partial charge in [0.1, 0.15) is 0 Å². The Labute approximate surface area is 69.8 Å². The van der Waals surface area contributed by atoms with Gasteiger partial charge in [0.15, 0.2) is 0 Å². The summed E-state index contributed by atoms with van der Waals surface area (Å²) in [6.45, 7) is 2.26. The van der Waals surface area contributed by atoms with Crippen LogP contribution in [0.1, 0.15) is 51.9 Å². The van der Waals surface area contributed by atoms with Crippen molar-refractivity contribution in [1.29, 1.82) is 0 Å². The summed E-state index contributed by atoms with van der Waals surface area (Å²) < 4.78 is 0. The van der Waals surface area contributed by atoms with Crippen molar-refractivity contribution < 1.29 is 5.11 Å². The van der Waals surface area contributed by atoms with Crippen molar-refractivity contribution in [3.63, 3.8) is 0 Å². The summed E-state index contributed by atoms with van der Waals surface area (Å²) in [5, 5.41) is 9.51. The quantitative estimate of drug-likeness (QED) is 0.571. The molecule has 0 amide bonds. The van der Waals surface area contributed by atoms with Crippen LogP contribution in [-0.4, -0.2) is 11.2 Å². The molecule has 1 saturated carbocycles. The Balaban J connectivity index is 2.27. The van der Waals surface area contributed by atoms with Gasteiger partial charge in [0.05, 0.1) is 6.10 Å². The van der Waals surface area contributed by atoms with Crippen LogP contribution in [0.3, 0.4) is 0 Å². The summed E-state index contributed by atoms with van der Waals surface area (Å²) in [5.74, 6) is 0.739. The maximum absolute atomic E-state index is 9.51. The van der Waals surface area contributed by atoms with Crippen molar-refractivity contribution in [2.75, 3.05) is 0 Å². The fourth-order valence-corrected chi connectivity index (χ4v) is 1.93. The third-order valence-corrected chi connectivity index (χ3v) is 2.66. The lowest BCUT2D eigenvalue weighted by molar-refractivity contribution is 0.134. The highest BCUT2D eigenvalue weighted by atomic mass is 16.3. The standard InChI is InChI=1S/C10H20O/c1-9-6-4-2-3-5-7-10(11)8-9/h9-11H,2-8H2,1H3. The summed E-state index contributed by atoms with van der Waals surface area (Å²) in [6, 6.07) is 0. The van der Waals surface area contributed by atoms with Crippen molar-refractivity contribution in [1.82, 2.24) is 0 Å². The molecule has 1 aliphatic rings. The molecule has 2 atom stereocenters. The molecule has 0 saturated heterocycles. The molecule has 1 heteroatoms. The Bertz CT molecular complexity index is 89.0. The molecule has 0 radical (unpaired) electrons. The average Bonchev–Trinajstić information content (AvgIpc) is 2.02. The molecule has 11 heavy (non-hydrogen) atoms. The Morgan fingerprint density at radius 1 is 1.00 bits per heavy atom. The molecule has 0 heterocycles. The van der Waals surface area contributed by atoms with Gasteiger partial charge < -0.3 is 5.11 Å². The summed E-state index contributed by atoms with van der Waals surface area (Å²) in [4.78, 5) is 0. The van der Waals surface area contributed by atoms with Gasteiger partial charge in [-0.25, -0.2) is 0 Å². The smallest absolute Gasteiger partial charge is 0.0542 e. The normalized spacial score (nSPS) is 35.5. The van der Waals surface area contributed by atoms with E-state index < -0.39 is 0 Å². The van der Waals surface area contributed by atoms with Crippen molar-refractivity contribution >= 4 is 0 Å². The lowest BCUT2D eigenvalue weighted by atomic mass is 9.98. The highest BCUT2D eigenvalue weighted by Gasteiger charge is 2.11. The first kappa shape index (κ1) is 9.05. The van der Waals surface area contributed by atoms with Gasteiger partial charge >= 0.3 is 0 Å². The first-order valence-corrected chi connectivity index (χ1v) is 4.97. The first-order valence-electron chi connectivity index (χ1n) is 4.97. The van der Waals surface area contributed by atoms with E-state index in [1.165, 1.54) is 32.1 Å². The fraction of sp³-hybridized carbons (Fsp3) is 1.00. The minimum absolute atomic E-state index is 0.0110. The minimum Gasteiger partial charge on any atom is -0.393 e. The summed E-state index contributed by atoms with van der Waals surface area (Å²) in [7, 11) is 0. The summed E-state index contributed by atoms with van der Waals surface area (Å²) >= 11 is 0. The minimum atomic E-state index is -0.0110. The van der Waals surface area contributed by atoms with E-state index in [1.54, 1.807) is 0 Å². The Hall–Kier alpha value is -0.0400. The second-order valence-corrected chi connectivity index (χ2v) is 3.99. The van der Waals surface area contributed by atoms with Crippen LogP contribution in [0.15, 0.2) is 0 Å². The molecule has 0 aromatic rings. The van der Waals surface area contributed by atoms with Gasteiger partial charge in [0.25, 0.3) is 0 Å². The van der Waals surface area contributed by atoms with Gasteiger partial charge in [0, 0.05) is 0 Å². The van der Waals surface area contributed by atoms with Crippen LogP contribution in [0, 0.1) is 5.92 Å². The van der Waals surface area contributed by atoms with Crippen molar-refractivity contribution in [3.8, 4) is 0 Å². The van der Waals surface area contributed by atoms with E-state index in [2.05, 4.69) is 6.92 Å². The lowest BCUT2D eigenvalue weighted by Crippen LogP contribution is -2.10. The number of aliphatic hydroxyl groups is 1. The second kappa shape index (κ2) is 4.76. The van der Waals surface area contributed by atoms with Crippen molar-refractivity contribution in [2.24, 2.45) is 5.92 Å². The predicted octanol–water partition coefficient (Wildman–Crippen LogP) is 2.73. The van der Waals surface area contributed by atoms with Crippen LogP contribution < -0.4 is 0 Å². The molecule has 0 aromatic heterocycles. The zero-order valence-corrected chi connectivity index (χ0v) is 7.55. The fourth-order valence-electron chi connectivity index (χ4n) is 1.93. The number of rotatable bonds is 0. The third kappa shape index (κ3) is 3.76. The van der Waals surface area contributed by atoms with E-state index in [-0.39, 0.29) is 6.10 Å². The summed E-state index contributed by atoms with van der Waals surface area (Å²) in [6.07, 6.45) is 8.66. The van der Waals surface area contributed by atoms with Gasteiger partial charge in [-0.05, 0) is 18.8 Å². The van der Waals surface area contributed by atoms with Crippen LogP contribution in [0.2, 0.25) is 0 Å². The molecule has 66 valence electrons. The SMILES string of the molecule is CC1CCCCCCC(O)C1. The largest absolute Gasteiger partial charge is 0.393 e. The van der Waals surface area contributed by atoms with Crippen LogP contribution in [-0.2, 0) is 0 Å². The van der Waals surface area contributed by atoms with Gasteiger partial charge in [-0.1, -0.05) is 39.0 Å². The third-order valence-electron chi connectivity index (χ3n) is 2.66. The van der Waals surface area contributed by atoms with Gasteiger partial charge in [0.2, 0.25) is 0 Å². The lowest BCUT2D eigenvalue weighted by Gasteiger charge is -2.13. The highest BCUT2D eigenvalue weighted by Crippen LogP contribution is 2.21. The number of aliphatic hydroxyl groups excluding tert-OH is 1. The molecular weight excluding hydrogens is 136 g/mol. The monoisotopic (exact) mass is 156 g/mol. The molecular formula is C10H20O. The van der Waals surface area contributed by atoms with Gasteiger partial charge in [-0.2, -0.15) is 0 Å². The first-order chi connectivity index (χ1) is 5.29. The Kier molecular flexibility index (Phi) is 3.92. The molecule has 1 N–H and O–H groups in total. The molecule has 1 rings (SSSR count). The molecule has 1 fully saturated rings. The van der Waals surface area contributed by atoms with Crippen molar-refractivity contribution in [3.05, 3.63) is 0 Å². The second-order valence-electron chi connectivity index (χ2n) is 3.99. The number of hydrogen-bond donors (Lipinski definition) is 1. The molecule has 1 nitrogen and oxygen atoms in total.